The van der Waals surface area contributed by atoms with Gasteiger partial charge in [0.05, 0.1) is 0 Å². The van der Waals surface area contributed by atoms with Crippen molar-refractivity contribution >= 4 is 0 Å². The van der Waals surface area contributed by atoms with Gasteiger partial charge in [0.25, 0.3) is 0 Å². The molecule has 1 fully saturated rings. The average molecular weight is 237 g/mol. The Morgan fingerprint density at radius 1 is 1.47 bits per heavy atom. The maximum atomic E-state index is 13.3. The SMILES string of the molecule is Cc1ccc(F)c(OCCNC(C)C2CC2)c1. The minimum Gasteiger partial charge on any atom is -0.489 e. The van der Waals surface area contributed by atoms with Crippen LogP contribution in [0.5, 0.6) is 5.75 Å². The number of halogens is 1. The molecule has 1 aliphatic rings. The Morgan fingerprint density at radius 2 is 2.24 bits per heavy atom. The molecule has 1 atom stereocenters. The lowest BCUT2D eigenvalue weighted by molar-refractivity contribution is 0.289. The quantitative estimate of drug-likeness (QED) is 0.768. The van der Waals surface area contributed by atoms with Gasteiger partial charge in [0.2, 0.25) is 0 Å². The number of aryl methyl sites for hydroxylation is 1. The molecule has 1 saturated carbocycles. The maximum absolute atomic E-state index is 13.3. The zero-order chi connectivity index (χ0) is 12.3. The van der Waals surface area contributed by atoms with Gasteiger partial charge >= 0.3 is 0 Å². The predicted molar refractivity (Wildman–Crippen MR) is 66.8 cm³/mol. The summed E-state index contributed by atoms with van der Waals surface area (Å²) in [6.07, 6.45) is 2.67. The Morgan fingerprint density at radius 3 is 2.94 bits per heavy atom. The highest BCUT2D eigenvalue weighted by molar-refractivity contribution is 5.29. The average Bonchev–Trinajstić information content (AvgIpc) is 3.12. The van der Waals surface area contributed by atoms with E-state index in [1.54, 1.807) is 12.1 Å². The van der Waals surface area contributed by atoms with Crippen molar-refractivity contribution in [1.29, 1.82) is 0 Å². The van der Waals surface area contributed by atoms with Crippen LogP contribution in [-0.2, 0) is 0 Å². The summed E-state index contributed by atoms with van der Waals surface area (Å²) in [5, 5.41) is 3.40. The molecule has 2 nitrogen and oxygen atoms in total. The van der Waals surface area contributed by atoms with Crippen molar-refractivity contribution in [2.45, 2.75) is 32.7 Å². The van der Waals surface area contributed by atoms with Gasteiger partial charge in [-0.2, -0.15) is 0 Å². The summed E-state index contributed by atoms with van der Waals surface area (Å²) in [5.41, 5.74) is 1.01. The first-order chi connectivity index (χ1) is 8.16. The largest absolute Gasteiger partial charge is 0.489 e. The van der Waals surface area contributed by atoms with E-state index in [-0.39, 0.29) is 5.82 Å². The van der Waals surface area contributed by atoms with Crippen molar-refractivity contribution in [2.75, 3.05) is 13.2 Å². The maximum Gasteiger partial charge on any atom is 0.165 e. The fourth-order valence-electron chi connectivity index (χ4n) is 1.93. The van der Waals surface area contributed by atoms with Gasteiger partial charge in [0, 0.05) is 12.6 Å². The summed E-state index contributed by atoms with van der Waals surface area (Å²) in [5.74, 6) is 0.905. The van der Waals surface area contributed by atoms with Gasteiger partial charge in [-0.25, -0.2) is 4.39 Å². The summed E-state index contributed by atoms with van der Waals surface area (Å²) in [4.78, 5) is 0. The van der Waals surface area contributed by atoms with E-state index in [2.05, 4.69) is 12.2 Å². The van der Waals surface area contributed by atoms with Crippen molar-refractivity contribution in [2.24, 2.45) is 5.92 Å². The number of hydrogen-bond donors (Lipinski definition) is 1. The second-order valence-electron chi connectivity index (χ2n) is 4.86. The lowest BCUT2D eigenvalue weighted by Gasteiger charge is -2.13. The topological polar surface area (TPSA) is 21.3 Å². The van der Waals surface area contributed by atoms with E-state index < -0.39 is 0 Å². The van der Waals surface area contributed by atoms with Crippen LogP contribution >= 0.6 is 0 Å². The molecule has 0 saturated heterocycles. The van der Waals surface area contributed by atoms with Crippen LogP contribution in [0.25, 0.3) is 0 Å². The summed E-state index contributed by atoms with van der Waals surface area (Å²) >= 11 is 0. The Kier molecular flexibility index (Phi) is 4.00. The van der Waals surface area contributed by atoms with Crippen LogP contribution in [0.2, 0.25) is 0 Å². The van der Waals surface area contributed by atoms with Crippen LogP contribution in [0.1, 0.15) is 25.3 Å². The molecule has 0 spiro atoms. The molecule has 0 aromatic heterocycles. The molecule has 0 amide bonds. The van der Waals surface area contributed by atoms with Crippen LogP contribution in [0.3, 0.4) is 0 Å². The van der Waals surface area contributed by atoms with Gasteiger partial charge in [-0.3, -0.25) is 0 Å². The third kappa shape index (κ3) is 3.70. The van der Waals surface area contributed by atoms with Crippen molar-refractivity contribution in [3.63, 3.8) is 0 Å². The third-order valence-corrected chi connectivity index (χ3v) is 3.24. The van der Waals surface area contributed by atoms with Crippen molar-refractivity contribution in [3.8, 4) is 5.75 Å². The molecule has 17 heavy (non-hydrogen) atoms. The predicted octanol–water partition coefficient (Wildman–Crippen LogP) is 2.90. The molecule has 0 heterocycles. The highest BCUT2D eigenvalue weighted by Gasteiger charge is 2.27. The lowest BCUT2D eigenvalue weighted by atomic mass is 10.2. The van der Waals surface area contributed by atoms with Crippen LogP contribution < -0.4 is 10.1 Å². The molecule has 1 N–H and O–H groups in total. The van der Waals surface area contributed by atoms with Gasteiger partial charge in [-0.1, -0.05) is 6.07 Å². The second kappa shape index (κ2) is 5.50. The summed E-state index contributed by atoms with van der Waals surface area (Å²) in [6.45, 7) is 5.41. The zero-order valence-electron chi connectivity index (χ0n) is 10.5. The van der Waals surface area contributed by atoms with Crippen LogP contribution in [0.4, 0.5) is 4.39 Å². The number of nitrogens with one attached hydrogen (secondary N) is 1. The van der Waals surface area contributed by atoms with Crippen LogP contribution in [0, 0.1) is 18.7 Å². The Bertz CT molecular complexity index is 376. The first kappa shape index (κ1) is 12.4. The van der Waals surface area contributed by atoms with Crippen molar-refractivity contribution in [1.82, 2.24) is 5.32 Å². The molecule has 3 heteroatoms. The minimum atomic E-state index is -0.286. The van der Waals surface area contributed by atoms with E-state index in [1.807, 2.05) is 6.92 Å². The van der Waals surface area contributed by atoms with Gasteiger partial charge in [0.1, 0.15) is 6.61 Å². The van der Waals surface area contributed by atoms with Crippen LogP contribution in [-0.4, -0.2) is 19.2 Å². The smallest absolute Gasteiger partial charge is 0.165 e. The first-order valence-corrected chi connectivity index (χ1v) is 6.29. The molecule has 1 aliphatic carbocycles. The molecule has 0 aliphatic heterocycles. The number of hydrogen-bond acceptors (Lipinski definition) is 2. The summed E-state index contributed by atoms with van der Waals surface area (Å²) in [6, 6.07) is 5.49. The standard InChI is InChI=1S/C14H20FNO/c1-10-3-6-13(15)14(9-10)17-8-7-16-11(2)12-4-5-12/h3,6,9,11-12,16H,4-5,7-8H2,1-2H3. The van der Waals surface area contributed by atoms with Crippen LogP contribution in [0.15, 0.2) is 18.2 Å². The molecular formula is C14H20FNO. The number of rotatable bonds is 6. The van der Waals surface area contributed by atoms with Crippen molar-refractivity contribution in [3.05, 3.63) is 29.6 Å². The molecule has 0 radical (unpaired) electrons. The monoisotopic (exact) mass is 237 g/mol. The first-order valence-electron chi connectivity index (χ1n) is 6.29. The molecule has 94 valence electrons. The zero-order valence-corrected chi connectivity index (χ0v) is 10.5. The lowest BCUT2D eigenvalue weighted by Crippen LogP contribution is -2.31. The molecule has 1 aromatic carbocycles. The molecule has 2 rings (SSSR count). The molecule has 1 aromatic rings. The van der Waals surface area contributed by atoms with Gasteiger partial charge in [-0.15, -0.1) is 0 Å². The molecule has 0 bridgehead atoms. The molecule has 1 unspecified atom stereocenters. The number of ether oxygens (including phenoxy) is 1. The van der Waals surface area contributed by atoms with E-state index in [9.17, 15) is 4.39 Å². The summed E-state index contributed by atoms with van der Waals surface area (Å²) in [7, 11) is 0. The second-order valence-corrected chi connectivity index (χ2v) is 4.86. The van der Waals surface area contributed by atoms with E-state index in [0.717, 1.165) is 18.0 Å². The Hall–Kier alpha value is -1.09. The number of benzene rings is 1. The Labute approximate surface area is 102 Å². The van der Waals surface area contributed by atoms with E-state index >= 15 is 0 Å². The summed E-state index contributed by atoms with van der Waals surface area (Å²) < 4.78 is 18.8. The van der Waals surface area contributed by atoms with E-state index in [4.69, 9.17) is 4.74 Å². The van der Waals surface area contributed by atoms with Crippen molar-refractivity contribution < 1.29 is 9.13 Å². The highest BCUT2D eigenvalue weighted by Crippen LogP contribution is 2.32. The van der Waals surface area contributed by atoms with E-state index in [0.29, 0.717) is 18.4 Å². The Balaban J connectivity index is 1.71. The van der Waals surface area contributed by atoms with Gasteiger partial charge in [-0.05, 0) is 50.3 Å². The fourth-order valence-corrected chi connectivity index (χ4v) is 1.93. The minimum absolute atomic E-state index is 0.286. The van der Waals surface area contributed by atoms with Gasteiger partial charge < -0.3 is 10.1 Å². The van der Waals surface area contributed by atoms with Gasteiger partial charge in [0.15, 0.2) is 11.6 Å². The highest BCUT2D eigenvalue weighted by atomic mass is 19.1. The fraction of sp³-hybridized carbons (Fsp3) is 0.571. The normalized spacial score (nSPS) is 16.9. The molecular weight excluding hydrogens is 217 g/mol. The van der Waals surface area contributed by atoms with E-state index in [1.165, 1.54) is 18.9 Å². The third-order valence-electron chi connectivity index (χ3n) is 3.24.